The lowest BCUT2D eigenvalue weighted by Gasteiger charge is -2.05. The molecule has 2 amide bonds. The number of aryl methyl sites for hydroxylation is 1. The number of carbonyl (C=O) groups is 2. The Morgan fingerprint density at radius 3 is 2.55 bits per heavy atom. The molecule has 1 aromatic heterocycles. The van der Waals surface area contributed by atoms with E-state index in [1.54, 1.807) is 19.1 Å². The number of urea groups is 1. The minimum absolute atomic E-state index is 0.310. The molecule has 9 heteroatoms. The Kier molecular flexibility index (Phi) is 5.34. The monoisotopic (exact) mass is 338 g/mol. The van der Waals surface area contributed by atoms with Gasteiger partial charge in [-0.2, -0.15) is 0 Å². The van der Waals surface area contributed by atoms with Gasteiger partial charge in [0.1, 0.15) is 5.25 Å². The lowest BCUT2D eigenvalue weighted by molar-refractivity contribution is -0.136. The molecule has 0 aliphatic carbocycles. The van der Waals surface area contributed by atoms with Gasteiger partial charge in [0.25, 0.3) is 0 Å². The zero-order valence-electron chi connectivity index (χ0n) is 11.9. The van der Waals surface area contributed by atoms with Crippen LogP contribution in [0.3, 0.4) is 0 Å². The molecule has 0 saturated carbocycles. The summed E-state index contributed by atoms with van der Waals surface area (Å²) < 4.78 is 0.487. The first kappa shape index (κ1) is 16.2. The maximum Gasteiger partial charge on any atom is 0.325 e. The summed E-state index contributed by atoms with van der Waals surface area (Å²) >= 11 is 2.20. The van der Waals surface area contributed by atoms with Crippen molar-refractivity contribution in [2.24, 2.45) is 0 Å². The number of thioether (sulfide) groups is 1. The highest BCUT2D eigenvalue weighted by molar-refractivity contribution is 8.02. The van der Waals surface area contributed by atoms with Crippen LogP contribution in [0.5, 0.6) is 0 Å². The molecule has 3 N–H and O–H groups in total. The molecule has 7 nitrogen and oxygen atoms in total. The molecule has 0 bridgehead atoms. The largest absolute Gasteiger partial charge is 0.480 e. The van der Waals surface area contributed by atoms with Crippen molar-refractivity contribution < 1.29 is 14.7 Å². The number of aromatic nitrogens is 2. The van der Waals surface area contributed by atoms with E-state index in [-0.39, 0.29) is 0 Å². The van der Waals surface area contributed by atoms with Crippen molar-refractivity contribution in [3.63, 3.8) is 0 Å². The third kappa shape index (κ3) is 4.71. The van der Waals surface area contributed by atoms with E-state index in [0.29, 0.717) is 15.2 Å². The van der Waals surface area contributed by atoms with Crippen LogP contribution < -0.4 is 10.6 Å². The van der Waals surface area contributed by atoms with Gasteiger partial charge in [0.15, 0.2) is 4.34 Å². The molecule has 2 rings (SSSR count). The normalized spacial score (nSPS) is 11.7. The van der Waals surface area contributed by atoms with Gasteiger partial charge >= 0.3 is 12.0 Å². The molecule has 0 radical (unpaired) electrons. The highest BCUT2D eigenvalue weighted by atomic mass is 32.2. The molecule has 1 aromatic carbocycles. The molecule has 0 aliphatic rings. The summed E-state index contributed by atoms with van der Waals surface area (Å²) in [7, 11) is 0. The summed E-state index contributed by atoms with van der Waals surface area (Å²) in [6.07, 6.45) is 0. The number of aliphatic carboxylic acids is 1. The Balaban J connectivity index is 1.90. The van der Waals surface area contributed by atoms with E-state index >= 15 is 0 Å². The summed E-state index contributed by atoms with van der Waals surface area (Å²) in [5.74, 6) is -0.924. The fourth-order valence-electron chi connectivity index (χ4n) is 1.41. The average molecular weight is 338 g/mol. The van der Waals surface area contributed by atoms with Crippen molar-refractivity contribution in [3.8, 4) is 0 Å². The maximum absolute atomic E-state index is 11.8. The number of rotatable bonds is 5. The van der Waals surface area contributed by atoms with Gasteiger partial charge in [-0.25, -0.2) is 4.79 Å². The fourth-order valence-corrected chi connectivity index (χ4v) is 3.23. The number of carboxylic acids is 1. The minimum Gasteiger partial charge on any atom is -0.480 e. The predicted molar refractivity (Wildman–Crippen MR) is 86.7 cm³/mol. The van der Waals surface area contributed by atoms with Crippen molar-refractivity contribution in [1.82, 2.24) is 10.2 Å². The Bertz CT molecular complexity index is 672. The van der Waals surface area contributed by atoms with Crippen molar-refractivity contribution in [2.75, 3.05) is 10.6 Å². The minimum atomic E-state index is -0.924. The molecule has 1 heterocycles. The van der Waals surface area contributed by atoms with Crippen LogP contribution in [0, 0.1) is 6.92 Å². The van der Waals surface area contributed by atoms with E-state index in [4.69, 9.17) is 5.11 Å². The van der Waals surface area contributed by atoms with Crippen LogP contribution in [0.15, 0.2) is 28.6 Å². The van der Waals surface area contributed by atoms with Crippen LogP contribution in [0.2, 0.25) is 0 Å². The van der Waals surface area contributed by atoms with Crippen molar-refractivity contribution in [2.45, 2.75) is 23.4 Å². The summed E-state index contributed by atoms with van der Waals surface area (Å²) in [4.78, 5) is 22.6. The Morgan fingerprint density at radius 2 is 1.91 bits per heavy atom. The van der Waals surface area contributed by atoms with Crippen LogP contribution in [-0.4, -0.2) is 32.6 Å². The fraction of sp³-hybridized carbons (Fsp3) is 0.231. The van der Waals surface area contributed by atoms with Gasteiger partial charge in [0.2, 0.25) is 5.13 Å². The standard InChI is InChI=1S/C13H14N4O3S2/c1-7-3-5-9(6-4-7)14-11(20)15-12-16-17-13(22-12)21-8(2)10(18)19/h3-6,8H,1-2H3,(H,18,19)(H2,14,15,16,20)/t8-/m0/s1. The molecule has 0 unspecified atom stereocenters. The van der Waals surface area contributed by atoms with Crippen LogP contribution >= 0.6 is 23.1 Å². The van der Waals surface area contributed by atoms with Gasteiger partial charge in [0, 0.05) is 5.69 Å². The molecule has 0 fully saturated rings. The number of nitrogens with zero attached hydrogens (tertiary/aromatic N) is 2. The SMILES string of the molecule is Cc1ccc(NC(=O)Nc2nnc(S[C@@H](C)C(=O)O)s2)cc1. The molecule has 22 heavy (non-hydrogen) atoms. The topological polar surface area (TPSA) is 104 Å². The van der Waals surface area contributed by atoms with Gasteiger partial charge in [0.05, 0.1) is 0 Å². The molecule has 0 saturated heterocycles. The van der Waals surface area contributed by atoms with Crippen molar-refractivity contribution in [1.29, 1.82) is 0 Å². The smallest absolute Gasteiger partial charge is 0.325 e. The molecule has 116 valence electrons. The lowest BCUT2D eigenvalue weighted by atomic mass is 10.2. The Morgan fingerprint density at radius 1 is 1.23 bits per heavy atom. The number of amides is 2. The number of anilines is 2. The first-order chi connectivity index (χ1) is 10.4. The molecular weight excluding hydrogens is 324 g/mol. The van der Waals surface area contributed by atoms with E-state index in [0.717, 1.165) is 28.7 Å². The van der Waals surface area contributed by atoms with E-state index in [1.807, 2.05) is 19.1 Å². The van der Waals surface area contributed by atoms with E-state index in [9.17, 15) is 9.59 Å². The third-order valence-electron chi connectivity index (χ3n) is 2.56. The van der Waals surface area contributed by atoms with Gasteiger partial charge in [-0.1, -0.05) is 40.8 Å². The zero-order valence-corrected chi connectivity index (χ0v) is 13.5. The second-order valence-electron chi connectivity index (χ2n) is 4.42. The summed E-state index contributed by atoms with van der Waals surface area (Å²) in [6, 6.07) is 6.95. The van der Waals surface area contributed by atoms with Crippen LogP contribution in [0.25, 0.3) is 0 Å². The second kappa shape index (κ2) is 7.23. The number of benzene rings is 1. The second-order valence-corrected chi connectivity index (χ2v) is 6.98. The Labute approximate surface area is 135 Å². The number of carboxylic acid groups (broad SMARTS) is 1. The van der Waals surface area contributed by atoms with Crippen LogP contribution in [-0.2, 0) is 4.79 Å². The van der Waals surface area contributed by atoms with Gasteiger partial charge < -0.3 is 10.4 Å². The quantitative estimate of drug-likeness (QED) is 0.572. The Hall–Kier alpha value is -2.13. The third-order valence-corrected chi connectivity index (χ3v) is 4.57. The number of nitrogens with one attached hydrogen (secondary N) is 2. The number of hydrogen-bond donors (Lipinski definition) is 3. The molecule has 0 spiro atoms. The summed E-state index contributed by atoms with van der Waals surface area (Å²) in [5.41, 5.74) is 1.77. The van der Waals surface area contributed by atoms with E-state index in [2.05, 4.69) is 20.8 Å². The molecule has 1 atom stereocenters. The maximum atomic E-state index is 11.8. The lowest BCUT2D eigenvalue weighted by Crippen LogP contribution is -2.19. The zero-order chi connectivity index (χ0) is 16.1. The predicted octanol–water partition coefficient (Wildman–Crippen LogP) is 3.06. The van der Waals surface area contributed by atoms with Gasteiger partial charge in [-0.15, -0.1) is 10.2 Å². The van der Waals surface area contributed by atoms with Crippen molar-refractivity contribution in [3.05, 3.63) is 29.8 Å². The van der Waals surface area contributed by atoms with Crippen molar-refractivity contribution >= 4 is 45.9 Å². The highest BCUT2D eigenvalue weighted by Crippen LogP contribution is 2.28. The highest BCUT2D eigenvalue weighted by Gasteiger charge is 2.16. The molecule has 0 aliphatic heterocycles. The summed E-state index contributed by atoms with van der Waals surface area (Å²) in [5, 5.41) is 21.4. The average Bonchev–Trinajstić information content (AvgIpc) is 2.88. The molecule has 2 aromatic rings. The first-order valence-electron chi connectivity index (χ1n) is 6.31. The van der Waals surface area contributed by atoms with Gasteiger partial charge in [-0.05, 0) is 26.0 Å². The van der Waals surface area contributed by atoms with Crippen LogP contribution in [0.1, 0.15) is 12.5 Å². The number of carbonyl (C=O) groups excluding carboxylic acids is 1. The van der Waals surface area contributed by atoms with E-state index in [1.165, 1.54) is 0 Å². The van der Waals surface area contributed by atoms with E-state index < -0.39 is 17.3 Å². The molecular formula is C13H14N4O3S2. The number of hydrogen-bond acceptors (Lipinski definition) is 6. The first-order valence-corrected chi connectivity index (χ1v) is 8.01. The van der Waals surface area contributed by atoms with Gasteiger partial charge in [-0.3, -0.25) is 10.1 Å². The summed E-state index contributed by atoms with van der Waals surface area (Å²) in [6.45, 7) is 3.52. The van der Waals surface area contributed by atoms with Crippen LogP contribution in [0.4, 0.5) is 15.6 Å².